The largest absolute Gasteiger partial charge is 0.480 e. The third kappa shape index (κ3) is 7.00. The summed E-state index contributed by atoms with van der Waals surface area (Å²) in [4.78, 5) is 53.5. The lowest BCUT2D eigenvalue weighted by atomic mass is 9.89. The number of H-pyrrole nitrogens is 1. The third-order valence-corrected chi connectivity index (χ3v) is 12.8. The SMILES string of the molecule is COc1nc(N2CCN(CC3CCN(c4ccc(C5CCN(c6ccc(F)c7c(C#N)n[nH]c67)CC5)cc4)CC3)CC2)cc2c1C(=O)N(C1CCC(=O)NC1=O)C2. The zero-order valence-electron chi connectivity index (χ0n) is 32.2. The monoisotopic (exact) mass is 774 g/mol. The lowest BCUT2D eigenvalue weighted by Gasteiger charge is -2.40. The van der Waals surface area contributed by atoms with Crippen LogP contribution in [0.5, 0.6) is 5.88 Å². The number of benzene rings is 2. The number of amides is 3. The molecule has 2 aromatic heterocycles. The molecule has 4 saturated heterocycles. The molecule has 296 valence electrons. The molecule has 15 heteroatoms. The summed E-state index contributed by atoms with van der Waals surface area (Å²) in [5.41, 5.74) is 5.43. The van der Waals surface area contributed by atoms with Crippen molar-refractivity contribution in [2.24, 2.45) is 5.92 Å². The number of nitriles is 1. The van der Waals surface area contributed by atoms with Crippen LogP contribution in [0.25, 0.3) is 10.9 Å². The number of hydrogen-bond donors (Lipinski definition) is 2. The summed E-state index contributed by atoms with van der Waals surface area (Å²) >= 11 is 0. The van der Waals surface area contributed by atoms with E-state index in [0.29, 0.717) is 29.3 Å². The summed E-state index contributed by atoms with van der Waals surface area (Å²) < 4.78 is 20.1. The van der Waals surface area contributed by atoms with Crippen LogP contribution in [0.3, 0.4) is 0 Å². The van der Waals surface area contributed by atoms with Gasteiger partial charge >= 0.3 is 0 Å². The predicted octanol–water partition coefficient (Wildman–Crippen LogP) is 4.16. The number of halogens is 1. The number of rotatable bonds is 8. The number of nitrogens with one attached hydrogen (secondary N) is 2. The Morgan fingerprint density at radius 1 is 0.895 bits per heavy atom. The molecule has 0 bridgehead atoms. The van der Waals surface area contributed by atoms with E-state index in [1.54, 1.807) is 6.07 Å². The molecule has 0 spiro atoms. The number of methoxy groups -OCH3 is 1. The van der Waals surface area contributed by atoms with Gasteiger partial charge in [-0.25, -0.2) is 4.39 Å². The minimum Gasteiger partial charge on any atom is -0.480 e. The number of pyridine rings is 1. The maximum atomic E-state index is 14.5. The van der Waals surface area contributed by atoms with Crippen LogP contribution >= 0.6 is 0 Å². The quantitative estimate of drug-likeness (QED) is 0.248. The van der Waals surface area contributed by atoms with Crippen molar-refractivity contribution >= 4 is 45.8 Å². The summed E-state index contributed by atoms with van der Waals surface area (Å²) in [5.74, 6) is 0.735. The Hall–Kier alpha value is -5.75. The Morgan fingerprint density at radius 3 is 2.33 bits per heavy atom. The second-order valence-electron chi connectivity index (χ2n) is 16.0. The van der Waals surface area contributed by atoms with Crippen LogP contribution in [0.1, 0.15) is 71.6 Å². The number of fused-ring (bicyclic) bond motifs is 2. The van der Waals surface area contributed by atoms with Crippen LogP contribution < -0.4 is 24.8 Å². The second-order valence-corrected chi connectivity index (χ2v) is 16.0. The highest BCUT2D eigenvalue weighted by Gasteiger charge is 2.41. The van der Waals surface area contributed by atoms with Crippen molar-refractivity contribution in [2.45, 2.75) is 57.0 Å². The number of carbonyl (C=O) groups excluding carboxylic acids is 3. The fraction of sp³-hybridized carbons (Fsp3) is 0.476. The van der Waals surface area contributed by atoms with Gasteiger partial charge in [0.2, 0.25) is 17.7 Å². The summed E-state index contributed by atoms with van der Waals surface area (Å²) in [6, 6.07) is 15.6. The van der Waals surface area contributed by atoms with Gasteiger partial charge in [0.1, 0.15) is 29.3 Å². The lowest BCUT2D eigenvalue weighted by Crippen LogP contribution is -2.52. The van der Waals surface area contributed by atoms with E-state index >= 15 is 0 Å². The number of hydrogen-bond acceptors (Lipinski definition) is 11. The number of piperidine rings is 3. The fourth-order valence-electron chi connectivity index (χ4n) is 9.58. The van der Waals surface area contributed by atoms with Crippen molar-refractivity contribution < 1.29 is 23.5 Å². The molecular formula is C42H47FN10O4. The molecule has 9 rings (SSSR count). The van der Waals surface area contributed by atoms with Crippen LogP contribution in [-0.4, -0.2) is 115 Å². The minimum atomic E-state index is -0.680. The number of aromatic nitrogens is 3. The van der Waals surface area contributed by atoms with Gasteiger partial charge in [-0.3, -0.25) is 29.7 Å². The van der Waals surface area contributed by atoms with Gasteiger partial charge in [0.25, 0.3) is 5.91 Å². The molecule has 0 saturated carbocycles. The molecular weight excluding hydrogens is 728 g/mol. The molecule has 1 unspecified atom stereocenters. The van der Waals surface area contributed by atoms with Gasteiger partial charge in [0, 0.05) is 77.6 Å². The van der Waals surface area contributed by atoms with Gasteiger partial charge in [0.15, 0.2) is 5.69 Å². The predicted molar refractivity (Wildman–Crippen MR) is 212 cm³/mol. The first kappa shape index (κ1) is 36.9. The van der Waals surface area contributed by atoms with Crippen LogP contribution in [0, 0.1) is 23.1 Å². The van der Waals surface area contributed by atoms with E-state index in [4.69, 9.17) is 9.72 Å². The fourth-order valence-corrected chi connectivity index (χ4v) is 9.58. The van der Waals surface area contributed by atoms with Crippen molar-refractivity contribution in [2.75, 3.05) is 80.7 Å². The third-order valence-electron chi connectivity index (χ3n) is 12.8. The number of anilines is 3. The highest BCUT2D eigenvalue weighted by Crippen LogP contribution is 2.37. The van der Waals surface area contributed by atoms with E-state index in [9.17, 15) is 24.0 Å². The Balaban J connectivity index is 0.740. The smallest absolute Gasteiger partial charge is 0.260 e. The van der Waals surface area contributed by atoms with E-state index < -0.39 is 17.8 Å². The molecule has 0 radical (unpaired) electrons. The topological polar surface area (TPSA) is 154 Å². The van der Waals surface area contributed by atoms with Gasteiger partial charge in [0.05, 0.1) is 23.7 Å². The number of imide groups is 1. The van der Waals surface area contributed by atoms with Gasteiger partial charge in [-0.15, -0.1) is 0 Å². The van der Waals surface area contributed by atoms with Crippen LogP contribution in [-0.2, 0) is 16.1 Å². The maximum Gasteiger partial charge on any atom is 0.260 e. The number of nitrogens with zero attached hydrogens (tertiary/aromatic N) is 8. The molecule has 14 nitrogen and oxygen atoms in total. The highest BCUT2D eigenvalue weighted by atomic mass is 19.1. The Morgan fingerprint density at radius 2 is 1.63 bits per heavy atom. The average Bonchev–Trinajstić information content (AvgIpc) is 3.83. The Kier molecular flexibility index (Phi) is 9.90. The molecule has 0 aliphatic carbocycles. The normalized spacial score (nSPS) is 21.3. The average molecular weight is 775 g/mol. The zero-order chi connectivity index (χ0) is 39.2. The van der Waals surface area contributed by atoms with Crippen molar-refractivity contribution in [1.82, 2.24) is 30.3 Å². The summed E-state index contributed by atoms with van der Waals surface area (Å²) in [6.07, 6.45) is 4.84. The highest BCUT2D eigenvalue weighted by molar-refractivity contribution is 6.06. The second kappa shape index (κ2) is 15.3. The van der Waals surface area contributed by atoms with Gasteiger partial charge < -0.3 is 24.3 Å². The molecule has 57 heavy (non-hydrogen) atoms. The van der Waals surface area contributed by atoms with Gasteiger partial charge in [-0.2, -0.15) is 15.3 Å². The summed E-state index contributed by atoms with van der Waals surface area (Å²) in [5, 5.41) is 18.9. The molecule has 2 aromatic carbocycles. The first-order chi connectivity index (χ1) is 27.8. The van der Waals surface area contributed by atoms with Crippen LogP contribution in [0.15, 0.2) is 42.5 Å². The van der Waals surface area contributed by atoms with Gasteiger partial charge in [-0.1, -0.05) is 12.1 Å². The number of carbonyl (C=O) groups is 3. The standard InChI is InChI=1S/C42H47FN10O4/c1-57-41-37-29(25-53(42(37)56)34-8-9-36(54)46-40(34)55)22-35(45-41)52-20-18-49(19-21-52)24-26-10-14-50(15-11-26)30-4-2-27(3-5-30)28-12-16-51(17-13-28)33-7-6-31(43)38-32(23-44)47-48-39(33)38/h2-7,22,26,28,34H,8-21,24-25H2,1H3,(H,47,48)(H,46,54,55). The van der Waals surface area contributed by atoms with Crippen molar-refractivity contribution in [3.8, 4) is 11.9 Å². The number of aromatic amines is 1. The van der Waals surface area contributed by atoms with E-state index in [2.05, 4.69) is 59.4 Å². The number of piperazine rings is 1. The summed E-state index contributed by atoms with van der Waals surface area (Å²) in [7, 11) is 1.52. The van der Waals surface area contributed by atoms with E-state index in [1.165, 1.54) is 29.3 Å². The molecule has 5 aliphatic rings. The van der Waals surface area contributed by atoms with E-state index in [-0.39, 0.29) is 41.7 Å². The van der Waals surface area contributed by atoms with Crippen LogP contribution in [0.4, 0.5) is 21.6 Å². The Labute approximate surface area is 330 Å². The molecule has 4 aromatic rings. The van der Waals surface area contributed by atoms with Crippen molar-refractivity contribution in [1.29, 1.82) is 5.26 Å². The molecule has 7 heterocycles. The first-order valence-electron chi connectivity index (χ1n) is 20.1. The number of ether oxygens (including phenoxy) is 1. The van der Waals surface area contributed by atoms with Crippen molar-refractivity contribution in [3.05, 3.63) is 70.7 Å². The van der Waals surface area contributed by atoms with E-state index in [0.717, 1.165) is 102 Å². The van der Waals surface area contributed by atoms with Gasteiger partial charge in [-0.05, 0) is 85.4 Å². The van der Waals surface area contributed by atoms with Crippen molar-refractivity contribution in [3.63, 3.8) is 0 Å². The maximum absolute atomic E-state index is 14.5. The zero-order valence-corrected chi connectivity index (χ0v) is 32.2. The van der Waals surface area contributed by atoms with Crippen LogP contribution in [0.2, 0.25) is 0 Å². The minimum absolute atomic E-state index is 0.0936. The molecule has 3 amide bonds. The Bertz CT molecular complexity index is 2230. The van der Waals surface area contributed by atoms with E-state index in [1.807, 2.05) is 12.1 Å². The summed E-state index contributed by atoms with van der Waals surface area (Å²) in [6.45, 7) is 8.69. The molecule has 4 fully saturated rings. The first-order valence-corrected chi connectivity index (χ1v) is 20.1. The molecule has 1 atom stereocenters. The molecule has 5 aliphatic heterocycles. The lowest BCUT2D eigenvalue weighted by molar-refractivity contribution is -0.136. The molecule has 2 N–H and O–H groups in total.